The van der Waals surface area contributed by atoms with Gasteiger partial charge in [-0.05, 0) is 32.2 Å². The molecule has 0 heterocycles. The SMILES string of the molecule is COCCC(C)(O)CNC(=O)CNCC1CC1. The van der Waals surface area contributed by atoms with Crippen LogP contribution in [0.5, 0.6) is 0 Å². The van der Waals surface area contributed by atoms with Crippen molar-refractivity contribution < 1.29 is 14.6 Å². The number of aliphatic hydroxyl groups is 1. The Bertz CT molecular complexity index is 240. The Balaban J connectivity index is 2.04. The van der Waals surface area contributed by atoms with E-state index >= 15 is 0 Å². The Hall–Kier alpha value is -0.650. The molecule has 1 amide bonds. The van der Waals surface area contributed by atoms with Crippen molar-refractivity contribution >= 4 is 5.91 Å². The van der Waals surface area contributed by atoms with Crippen LogP contribution in [0, 0.1) is 5.92 Å². The zero-order chi connectivity index (χ0) is 12.7. The van der Waals surface area contributed by atoms with Gasteiger partial charge in [0.1, 0.15) is 0 Å². The van der Waals surface area contributed by atoms with Gasteiger partial charge in [-0.3, -0.25) is 4.79 Å². The van der Waals surface area contributed by atoms with Gasteiger partial charge in [0.05, 0.1) is 12.1 Å². The zero-order valence-corrected chi connectivity index (χ0v) is 10.8. The molecule has 0 aromatic rings. The minimum Gasteiger partial charge on any atom is -0.388 e. The number of methoxy groups -OCH3 is 1. The van der Waals surface area contributed by atoms with E-state index in [1.54, 1.807) is 14.0 Å². The first-order valence-corrected chi connectivity index (χ1v) is 6.22. The van der Waals surface area contributed by atoms with E-state index in [0.29, 0.717) is 19.6 Å². The molecule has 0 spiro atoms. The molecule has 1 rings (SSSR count). The van der Waals surface area contributed by atoms with Gasteiger partial charge in [0.25, 0.3) is 0 Å². The Morgan fingerprint density at radius 3 is 2.82 bits per heavy atom. The Morgan fingerprint density at radius 2 is 2.24 bits per heavy atom. The first-order valence-electron chi connectivity index (χ1n) is 6.22. The highest BCUT2D eigenvalue weighted by Gasteiger charge is 2.22. The van der Waals surface area contributed by atoms with Gasteiger partial charge < -0.3 is 20.5 Å². The number of nitrogens with one attached hydrogen (secondary N) is 2. The van der Waals surface area contributed by atoms with Crippen molar-refractivity contribution in [2.45, 2.75) is 31.8 Å². The summed E-state index contributed by atoms with van der Waals surface area (Å²) in [6.45, 7) is 3.71. The predicted molar refractivity (Wildman–Crippen MR) is 65.7 cm³/mol. The van der Waals surface area contributed by atoms with Gasteiger partial charge >= 0.3 is 0 Å². The van der Waals surface area contributed by atoms with Gasteiger partial charge in [0.2, 0.25) is 5.91 Å². The number of hydrogen-bond donors (Lipinski definition) is 3. The fourth-order valence-electron chi connectivity index (χ4n) is 1.47. The smallest absolute Gasteiger partial charge is 0.234 e. The van der Waals surface area contributed by atoms with E-state index in [9.17, 15) is 9.90 Å². The molecule has 0 aliphatic heterocycles. The first-order chi connectivity index (χ1) is 8.03. The number of ether oxygens (including phenoxy) is 1. The lowest BCUT2D eigenvalue weighted by molar-refractivity contribution is -0.121. The molecule has 3 N–H and O–H groups in total. The second-order valence-corrected chi connectivity index (χ2v) is 5.09. The van der Waals surface area contributed by atoms with E-state index in [2.05, 4.69) is 10.6 Å². The molecule has 0 aromatic heterocycles. The monoisotopic (exact) mass is 244 g/mol. The van der Waals surface area contributed by atoms with E-state index in [-0.39, 0.29) is 12.5 Å². The molecule has 1 atom stereocenters. The molecule has 1 aliphatic rings. The molecular formula is C12H24N2O3. The van der Waals surface area contributed by atoms with Gasteiger partial charge in [-0.25, -0.2) is 0 Å². The summed E-state index contributed by atoms with van der Waals surface area (Å²) in [4.78, 5) is 11.4. The summed E-state index contributed by atoms with van der Waals surface area (Å²) in [6, 6.07) is 0. The second kappa shape index (κ2) is 6.93. The normalized spacial score (nSPS) is 18.8. The lowest BCUT2D eigenvalue weighted by atomic mass is 10.0. The van der Waals surface area contributed by atoms with Gasteiger partial charge in [-0.1, -0.05) is 0 Å². The van der Waals surface area contributed by atoms with Gasteiger partial charge in [0.15, 0.2) is 0 Å². The van der Waals surface area contributed by atoms with E-state index in [4.69, 9.17) is 4.74 Å². The molecule has 0 bridgehead atoms. The molecule has 5 heteroatoms. The number of carbonyl (C=O) groups is 1. The summed E-state index contributed by atoms with van der Waals surface area (Å²) in [5.74, 6) is 0.705. The van der Waals surface area contributed by atoms with Crippen LogP contribution >= 0.6 is 0 Å². The van der Waals surface area contributed by atoms with Crippen molar-refractivity contribution in [2.75, 3.05) is 33.4 Å². The van der Waals surface area contributed by atoms with Crippen LogP contribution in [0.4, 0.5) is 0 Å². The van der Waals surface area contributed by atoms with Crippen LogP contribution in [-0.2, 0) is 9.53 Å². The Kier molecular flexibility index (Phi) is 5.88. The van der Waals surface area contributed by atoms with Crippen LogP contribution in [0.2, 0.25) is 0 Å². The average molecular weight is 244 g/mol. The molecule has 0 radical (unpaired) electrons. The van der Waals surface area contributed by atoms with Crippen molar-refractivity contribution in [1.82, 2.24) is 10.6 Å². The highest BCUT2D eigenvalue weighted by molar-refractivity contribution is 5.78. The molecule has 0 saturated heterocycles. The van der Waals surface area contributed by atoms with Crippen molar-refractivity contribution in [1.29, 1.82) is 0 Å². The third-order valence-electron chi connectivity index (χ3n) is 2.93. The summed E-state index contributed by atoms with van der Waals surface area (Å²) in [7, 11) is 1.59. The predicted octanol–water partition coefficient (Wildman–Crippen LogP) is -0.110. The fraction of sp³-hybridized carbons (Fsp3) is 0.917. The molecule has 1 aliphatic carbocycles. The van der Waals surface area contributed by atoms with Crippen LogP contribution in [0.1, 0.15) is 26.2 Å². The standard InChI is InChI=1S/C12H24N2O3/c1-12(16,5-6-17-2)9-14-11(15)8-13-7-10-3-4-10/h10,13,16H,3-9H2,1-2H3,(H,14,15). The summed E-state index contributed by atoms with van der Waals surface area (Å²) in [5.41, 5.74) is -0.901. The lowest BCUT2D eigenvalue weighted by Crippen LogP contribution is -2.44. The summed E-state index contributed by atoms with van der Waals surface area (Å²) in [5, 5.41) is 15.7. The highest BCUT2D eigenvalue weighted by atomic mass is 16.5. The quantitative estimate of drug-likeness (QED) is 0.529. The highest BCUT2D eigenvalue weighted by Crippen LogP contribution is 2.27. The van der Waals surface area contributed by atoms with Crippen LogP contribution in [-0.4, -0.2) is 50.0 Å². The molecule has 1 fully saturated rings. The Labute approximate surface area is 103 Å². The molecule has 1 unspecified atom stereocenters. The first kappa shape index (κ1) is 14.4. The molecule has 100 valence electrons. The van der Waals surface area contributed by atoms with Gasteiger partial charge in [-0.15, -0.1) is 0 Å². The van der Waals surface area contributed by atoms with E-state index < -0.39 is 5.60 Å². The summed E-state index contributed by atoms with van der Waals surface area (Å²) in [6.07, 6.45) is 3.07. The maximum Gasteiger partial charge on any atom is 0.234 e. The van der Waals surface area contributed by atoms with E-state index in [0.717, 1.165) is 12.5 Å². The van der Waals surface area contributed by atoms with Gasteiger partial charge in [0, 0.05) is 26.7 Å². The van der Waals surface area contributed by atoms with Crippen molar-refractivity contribution in [3.05, 3.63) is 0 Å². The minimum absolute atomic E-state index is 0.0664. The third-order valence-corrected chi connectivity index (χ3v) is 2.93. The molecule has 0 aromatic carbocycles. The summed E-state index contributed by atoms with van der Waals surface area (Å²) < 4.78 is 4.90. The second-order valence-electron chi connectivity index (χ2n) is 5.09. The average Bonchev–Trinajstić information content (AvgIpc) is 3.08. The topological polar surface area (TPSA) is 70.6 Å². The van der Waals surface area contributed by atoms with E-state index in [1.165, 1.54) is 12.8 Å². The fourth-order valence-corrected chi connectivity index (χ4v) is 1.47. The van der Waals surface area contributed by atoms with Crippen molar-refractivity contribution in [2.24, 2.45) is 5.92 Å². The molecular weight excluding hydrogens is 220 g/mol. The maximum atomic E-state index is 11.4. The van der Waals surface area contributed by atoms with Crippen LogP contribution in [0.15, 0.2) is 0 Å². The van der Waals surface area contributed by atoms with Crippen LogP contribution < -0.4 is 10.6 Å². The third kappa shape index (κ3) is 7.31. The van der Waals surface area contributed by atoms with Crippen LogP contribution in [0.3, 0.4) is 0 Å². The molecule has 5 nitrogen and oxygen atoms in total. The largest absolute Gasteiger partial charge is 0.388 e. The number of hydrogen-bond acceptors (Lipinski definition) is 4. The Morgan fingerprint density at radius 1 is 1.53 bits per heavy atom. The zero-order valence-electron chi connectivity index (χ0n) is 10.8. The van der Waals surface area contributed by atoms with Crippen molar-refractivity contribution in [3.8, 4) is 0 Å². The number of rotatable bonds is 9. The maximum absolute atomic E-state index is 11.4. The van der Waals surface area contributed by atoms with Gasteiger partial charge in [-0.2, -0.15) is 0 Å². The lowest BCUT2D eigenvalue weighted by Gasteiger charge is -2.23. The van der Waals surface area contributed by atoms with Crippen molar-refractivity contribution in [3.63, 3.8) is 0 Å². The molecule has 1 saturated carbocycles. The number of carbonyl (C=O) groups excluding carboxylic acids is 1. The molecule has 17 heavy (non-hydrogen) atoms. The minimum atomic E-state index is -0.901. The van der Waals surface area contributed by atoms with Crippen LogP contribution in [0.25, 0.3) is 0 Å². The number of amides is 1. The summed E-state index contributed by atoms with van der Waals surface area (Å²) >= 11 is 0. The van der Waals surface area contributed by atoms with E-state index in [1.807, 2.05) is 0 Å².